The smallest absolute Gasteiger partial charge is 0.310 e. The van der Waals surface area contributed by atoms with Gasteiger partial charge in [-0.2, -0.15) is 0 Å². The molecular formula is C23H36N2O6. The Hall–Kier alpha value is -1.93. The Bertz CT molecular complexity index is 742. The molecule has 1 spiro atoms. The third kappa shape index (κ3) is 3.48. The third-order valence-electron chi connectivity index (χ3n) is 7.59. The zero-order chi connectivity index (χ0) is 23.0. The van der Waals surface area contributed by atoms with Crippen molar-refractivity contribution in [3.8, 4) is 0 Å². The highest BCUT2D eigenvalue weighted by molar-refractivity contribution is 5.98. The van der Waals surface area contributed by atoms with Crippen LogP contribution in [0.2, 0.25) is 0 Å². The van der Waals surface area contributed by atoms with Crippen molar-refractivity contribution in [1.82, 2.24) is 9.80 Å². The number of carboxylic acids is 1. The highest BCUT2D eigenvalue weighted by atomic mass is 16.5. The third-order valence-corrected chi connectivity index (χ3v) is 7.59. The summed E-state index contributed by atoms with van der Waals surface area (Å²) >= 11 is 0. The first kappa shape index (κ1) is 23.7. The van der Waals surface area contributed by atoms with Gasteiger partial charge < -0.3 is 24.7 Å². The Morgan fingerprint density at radius 2 is 2.10 bits per heavy atom. The van der Waals surface area contributed by atoms with Crippen LogP contribution in [0.25, 0.3) is 0 Å². The number of rotatable bonds is 11. The van der Waals surface area contributed by atoms with E-state index in [1.807, 2.05) is 13.8 Å². The predicted molar refractivity (Wildman–Crippen MR) is 114 cm³/mol. The van der Waals surface area contributed by atoms with Gasteiger partial charge in [0.15, 0.2) is 0 Å². The maximum atomic E-state index is 14.0. The van der Waals surface area contributed by atoms with Gasteiger partial charge >= 0.3 is 5.97 Å². The van der Waals surface area contributed by atoms with Gasteiger partial charge in [0, 0.05) is 25.7 Å². The molecule has 2 bridgehead atoms. The van der Waals surface area contributed by atoms with Gasteiger partial charge in [-0.05, 0) is 39.0 Å². The molecule has 0 aromatic rings. The molecule has 0 aromatic heterocycles. The average Bonchev–Trinajstić information content (AvgIpc) is 3.34. The van der Waals surface area contributed by atoms with Crippen LogP contribution >= 0.6 is 0 Å². The molecule has 2 N–H and O–H groups in total. The lowest BCUT2D eigenvalue weighted by Crippen LogP contribution is -2.58. The summed E-state index contributed by atoms with van der Waals surface area (Å²) < 4.78 is 6.50. The highest BCUT2D eigenvalue weighted by Gasteiger charge is 2.79. The van der Waals surface area contributed by atoms with E-state index in [0.29, 0.717) is 32.2 Å². The fourth-order valence-electron chi connectivity index (χ4n) is 6.21. The quantitative estimate of drug-likeness (QED) is 0.479. The van der Waals surface area contributed by atoms with Gasteiger partial charge in [0.25, 0.3) is 0 Å². The zero-order valence-electron chi connectivity index (χ0n) is 18.9. The van der Waals surface area contributed by atoms with Gasteiger partial charge in [-0.3, -0.25) is 14.4 Å². The second-order valence-electron chi connectivity index (χ2n) is 9.20. The number of carboxylic acid groups (broad SMARTS) is 1. The van der Waals surface area contributed by atoms with Crippen molar-refractivity contribution in [3.63, 3.8) is 0 Å². The van der Waals surface area contributed by atoms with E-state index in [1.165, 1.54) is 4.90 Å². The molecule has 174 valence electrons. The first-order valence-corrected chi connectivity index (χ1v) is 11.5. The molecule has 8 nitrogen and oxygen atoms in total. The predicted octanol–water partition coefficient (Wildman–Crippen LogP) is 1.81. The second kappa shape index (κ2) is 8.90. The number of nitrogens with zero attached hydrogens (tertiary/aromatic N) is 2. The molecule has 2 amide bonds. The molecule has 8 heteroatoms. The van der Waals surface area contributed by atoms with Crippen LogP contribution < -0.4 is 0 Å². The molecule has 0 aromatic carbocycles. The summed E-state index contributed by atoms with van der Waals surface area (Å²) in [5.74, 6) is -3.43. The van der Waals surface area contributed by atoms with E-state index in [9.17, 15) is 24.6 Å². The highest BCUT2D eigenvalue weighted by Crippen LogP contribution is 2.64. The van der Waals surface area contributed by atoms with Crippen LogP contribution in [0, 0.1) is 11.8 Å². The number of hydrogen-bond acceptors (Lipinski definition) is 5. The van der Waals surface area contributed by atoms with E-state index in [2.05, 4.69) is 13.5 Å². The summed E-state index contributed by atoms with van der Waals surface area (Å²) in [4.78, 5) is 43.0. The van der Waals surface area contributed by atoms with Crippen molar-refractivity contribution in [1.29, 1.82) is 0 Å². The molecule has 3 aliphatic rings. The van der Waals surface area contributed by atoms with Crippen molar-refractivity contribution >= 4 is 17.8 Å². The molecule has 0 saturated carbocycles. The number of ether oxygens (including phenoxy) is 1. The first-order valence-electron chi connectivity index (χ1n) is 11.5. The van der Waals surface area contributed by atoms with Gasteiger partial charge in [-0.25, -0.2) is 0 Å². The molecule has 3 rings (SSSR count). The van der Waals surface area contributed by atoms with Crippen LogP contribution in [0.1, 0.15) is 59.3 Å². The fourth-order valence-corrected chi connectivity index (χ4v) is 6.21. The average molecular weight is 437 g/mol. The number of amides is 2. The minimum Gasteiger partial charge on any atom is -0.481 e. The van der Waals surface area contributed by atoms with Crippen LogP contribution in [0.15, 0.2) is 12.7 Å². The molecule has 3 heterocycles. The summed E-state index contributed by atoms with van der Waals surface area (Å²) in [6, 6.07) is -0.927. The van der Waals surface area contributed by atoms with Crippen molar-refractivity contribution in [2.45, 2.75) is 82.6 Å². The molecule has 3 saturated heterocycles. The Morgan fingerprint density at radius 3 is 2.65 bits per heavy atom. The van der Waals surface area contributed by atoms with E-state index in [0.717, 1.165) is 12.8 Å². The van der Waals surface area contributed by atoms with Crippen LogP contribution in [-0.2, 0) is 19.1 Å². The normalized spacial score (nSPS) is 34.6. The number of aliphatic hydroxyl groups excluding tert-OH is 1. The van der Waals surface area contributed by atoms with Crippen molar-refractivity contribution in [3.05, 3.63) is 12.7 Å². The summed E-state index contributed by atoms with van der Waals surface area (Å²) in [5, 5.41) is 19.4. The molecule has 3 fully saturated rings. The van der Waals surface area contributed by atoms with Crippen LogP contribution in [0.3, 0.4) is 0 Å². The van der Waals surface area contributed by atoms with E-state index in [1.54, 1.807) is 11.0 Å². The van der Waals surface area contributed by atoms with Crippen molar-refractivity contribution in [2.75, 3.05) is 19.7 Å². The molecule has 3 unspecified atom stereocenters. The number of likely N-dealkylation sites (tertiary alicyclic amines) is 1. The maximum absolute atomic E-state index is 14.0. The van der Waals surface area contributed by atoms with E-state index in [-0.39, 0.29) is 31.0 Å². The van der Waals surface area contributed by atoms with Gasteiger partial charge in [-0.15, -0.1) is 6.58 Å². The fraction of sp³-hybridized carbons (Fsp3) is 0.783. The molecule has 0 aliphatic carbocycles. The molecule has 3 aliphatic heterocycles. The monoisotopic (exact) mass is 436 g/mol. The Kier molecular flexibility index (Phi) is 6.81. The number of aliphatic carboxylic acids is 1. The summed E-state index contributed by atoms with van der Waals surface area (Å²) in [6.45, 7) is 10.1. The Morgan fingerprint density at radius 1 is 1.39 bits per heavy atom. The summed E-state index contributed by atoms with van der Waals surface area (Å²) in [6.07, 6.45) is 5.20. The van der Waals surface area contributed by atoms with Gasteiger partial charge in [0.2, 0.25) is 11.8 Å². The molecule has 6 atom stereocenters. The second-order valence-corrected chi connectivity index (χ2v) is 9.20. The number of hydrogen-bond donors (Lipinski definition) is 2. The lowest BCUT2D eigenvalue weighted by Gasteiger charge is -2.39. The van der Waals surface area contributed by atoms with Gasteiger partial charge in [-0.1, -0.05) is 26.3 Å². The van der Waals surface area contributed by atoms with Crippen molar-refractivity contribution < 1.29 is 29.3 Å². The molecule has 31 heavy (non-hydrogen) atoms. The SMILES string of the molecule is C=CCN(C(=O)C1N(CCCO)C(=O)[C@@H]2[C@H](C(=O)O)[C@]3(CC)CCC12O3)C(C)CCC. The van der Waals surface area contributed by atoms with Gasteiger partial charge in [0.1, 0.15) is 17.6 Å². The first-order chi connectivity index (χ1) is 14.7. The minimum absolute atomic E-state index is 0.0465. The van der Waals surface area contributed by atoms with E-state index >= 15 is 0 Å². The minimum atomic E-state index is -1.13. The van der Waals surface area contributed by atoms with Crippen molar-refractivity contribution in [2.24, 2.45) is 11.8 Å². The van der Waals surface area contributed by atoms with Crippen LogP contribution in [0.5, 0.6) is 0 Å². The number of carbonyl (C=O) groups excluding carboxylic acids is 2. The summed E-state index contributed by atoms with van der Waals surface area (Å²) in [7, 11) is 0. The lowest BCUT2D eigenvalue weighted by atomic mass is 9.65. The topological polar surface area (TPSA) is 107 Å². The maximum Gasteiger partial charge on any atom is 0.310 e. The lowest BCUT2D eigenvalue weighted by molar-refractivity contribution is -0.158. The summed E-state index contributed by atoms with van der Waals surface area (Å²) in [5.41, 5.74) is -2.04. The Labute approximate surface area is 184 Å². The van der Waals surface area contributed by atoms with Crippen LogP contribution in [0.4, 0.5) is 0 Å². The molecular weight excluding hydrogens is 400 g/mol. The Balaban J connectivity index is 2.07. The standard InChI is InChI=1S/C23H36N2O6/c1-5-9-15(4)24(12-6-2)20(28)18-23-11-10-22(7-3,31-23)17(21(29)30)16(23)19(27)25(18)13-8-14-26/h6,15-18,26H,2,5,7-14H2,1,3-4H3,(H,29,30)/t15?,16-,17+,18?,22-,23?/m0/s1. The molecule has 0 radical (unpaired) electrons. The van der Waals surface area contributed by atoms with E-state index < -0.39 is 35.0 Å². The zero-order valence-corrected chi connectivity index (χ0v) is 18.9. The largest absolute Gasteiger partial charge is 0.481 e. The van der Waals surface area contributed by atoms with E-state index in [4.69, 9.17) is 4.74 Å². The van der Waals surface area contributed by atoms with Crippen LogP contribution in [-0.4, -0.2) is 80.8 Å². The van der Waals surface area contributed by atoms with Gasteiger partial charge in [0.05, 0.1) is 11.5 Å². The number of aliphatic hydroxyl groups is 1. The number of carbonyl (C=O) groups is 3. The number of fused-ring (bicyclic) bond motifs is 1.